The van der Waals surface area contributed by atoms with Crippen LogP contribution in [-0.2, 0) is 0 Å². The van der Waals surface area contributed by atoms with Gasteiger partial charge in [-0.25, -0.2) is 8.78 Å². The van der Waals surface area contributed by atoms with Gasteiger partial charge in [-0.3, -0.25) is 0 Å². The van der Waals surface area contributed by atoms with Crippen molar-refractivity contribution in [2.75, 3.05) is 6.54 Å². The quantitative estimate of drug-likeness (QED) is 0.708. The van der Waals surface area contributed by atoms with E-state index in [1.165, 1.54) is 0 Å². The van der Waals surface area contributed by atoms with Crippen LogP contribution in [0.15, 0.2) is 0 Å². The lowest BCUT2D eigenvalue weighted by Gasteiger charge is -2.19. The Morgan fingerprint density at radius 2 is 2.00 bits per heavy atom. The highest BCUT2D eigenvalue weighted by molar-refractivity contribution is 4.81. The fraction of sp³-hybridized carbons (Fsp3) is 1.00. The van der Waals surface area contributed by atoms with Crippen LogP contribution in [0.25, 0.3) is 0 Å². The third-order valence-corrected chi connectivity index (χ3v) is 2.64. The van der Waals surface area contributed by atoms with Crippen LogP contribution in [0.3, 0.4) is 0 Å². The van der Waals surface area contributed by atoms with Gasteiger partial charge in [-0.15, -0.1) is 0 Å². The Balaban J connectivity index is 2.26. The average Bonchev–Trinajstić information content (AvgIpc) is 2.48. The van der Waals surface area contributed by atoms with Gasteiger partial charge in [-0.1, -0.05) is 6.92 Å². The summed E-state index contributed by atoms with van der Waals surface area (Å²) >= 11 is 0. The molecule has 1 aliphatic carbocycles. The number of rotatable bonds is 4. The van der Waals surface area contributed by atoms with Crippen molar-refractivity contribution >= 4 is 0 Å². The molecule has 1 N–H and O–H groups in total. The van der Waals surface area contributed by atoms with Crippen molar-refractivity contribution in [3.8, 4) is 0 Å². The van der Waals surface area contributed by atoms with Crippen LogP contribution in [0, 0.1) is 5.92 Å². The fourth-order valence-electron chi connectivity index (χ4n) is 1.75. The Morgan fingerprint density at radius 1 is 1.36 bits per heavy atom. The molecular formula is C9H15F4N. The number of halogens is 4. The van der Waals surface area contributed by atoms with Gasteiger partial charge >= 0.3 is 12.3 Å². The summed E-state index contributed by atoms with van der Waals surface area (Å²) < 4.78 is 48.5. The third-order valence-electron chi connectivity index (χ3n) is 2.64. The minimum absolute atomic E-state index is 0.0189. The minimum atomic E-state index is -3.90. The van der Waals surface area contributed by atoms with Crippen molar-refractivity contribution in [1.82, 2.24) is 5.32 Å². The van der Waals surface area contributed by atoms with Gasteiger partial charge in [-0.2, -0.15) is 8.78 Å². The zero-order valence-corrected chi connectivity index (χ0v) is 8.07. The second kappa shape index (κ2) is 4.47. The third kappa shape index (κ3) is 3.12. The highest BCUT2D eigenvalue weighted by Crippen LogP contribution is 2.26. The molecular weight excluding hydrogens is 198 g/mol. The lowest BCUT2D eigenvalue weighted by atomic mass is 10.1. The van der Waals surface area contributed by atoms with Crippen LogP contribution < -0.4 is 5.32 Å². The van der Waals surface area contributed by atoms with Gasteiger partial charge in [0.1, 0.15) is 0 Å². The molecule has 5 heteroatoms. The van der Waals surface area contributed by atoms with E-state index >= 15 is 0 Å². The summed E-state index contributed by atoms with van der Waals surface area (Å²) in [5, 5.41) is 2.50. The van der Waals surface area contributed by atoms with E-state index < -0.39 is 18.9 Å². The number of alkyl halides is 4. The van der Waals surface area contributed by atoms with Crippen molar-refractivity contribution in [3.05, 3.63) is 0 Å². The maximum atomic E-state index is 12.5. The summed E-state index contributed by atoms with van der Waals surface area (Å²) in [7, 11) is 0. The van der Waals surface area contributed by atoms with Gasteiger partial charge in [-0.05, 0) is 25.2 Å². The summed E-state index contributed by atoms with van der Waals surface area (Å²) in [5.41, 5.74) is 0. The molecule has 0 amide bonds. The lowest BCUT2D eigenvalue weighted by molar-refractivity contribution is -0.126. The van der Waals surface area contributed by atoms with Crippen LogP contribution in [-0.4, -0.2) is 24.9 Å². The first-order valence-corrected chi connectivity index (χ1v) is 4.81. The standard InChI is InChI=1S/C9H15F4N/c1-6-2-3-7(4-6)14-5-9(12,13)8(10)11/h6-8,14H,2-5H2,1H3. The van der Waals surface area contributed by atoms with E-state index in [1.54, 1.807) is 0 Å². The summed E-state index contributed by atoms with van der Waals surface area (Å²) in [6, 6.07) is -0.0189. The largest absolute Gasteiger partial charge is 0.319 e. The minimum Gasteiger partial charge on any atom is -0.308 e. The van der Waals surface area contributed by atoms with E-state index in [9.17, 15) is 17.6 Å². The van der Waals surface area contributed by atoms with Gasteiger partial charge in [0.25, 0.3) is 0 Å². The van der Waals surface area contributed by atoms with E-state index in [4.69, 9.17) is 0 Å². The second-order valence-electron chi connectivity index (χ2n) is 4.06. The molecule has 0 saturated heterocycles. The van der Waals surface area contributed by atoms with Crippen LogP contribution in [0.5, 0.6) is 0 Å². The fourth-order valence-corrected chi connectivity index (χ4v) is 1.75. The normalized spacial score (nSPS) is 28.7. The Bertz CT molecular complexity index is 184. The molecule has 1 aliphatic rings. The summed E-state index contributed by atoms with van der Waals surface area (Å²) in [6.07, 6.45) is -0.980. The SMILES string of the molecule is CC1CCC(NCC(F)(F)C(F)F)C1. The number of hydrogen-bond acceptors (Lipinski definition) is 1. The smallest absolute Gasteiger partial charge is 0.308 e. The number of nitrogens with one attached hydrogen (secondary N) is 1. The van der Waals surface area contributed by atoms with Gasteiger partial charge in [0, 0.05) is 6.04 Å². The highest BCUT2D eigenvalue weighted by Gasteiger charge is 2.41. The molecule has 14 heavy (non-hydrogen) atoms. The van der Waals surface area contributed by atoms with E-state index in [2.05, 4.69) is 5.32 Å². The van der Waals surface area contributed by atoms with Gasteiger partial charge in [0.2, 0.25) is 0 Å². The van der Waals surface area contributed by atoms with Crippen LogP contribution in [0.2, 0.25) is 0 Å². The Labute approximate surface area is 80.9 Å². The van der Waals surface area contributed by atoms with Gasteiger partial charge in [0.15, 0.2) is 0 Å². The topological polar surface area (TPSA) is 12.0 Å². The monoisotopic (exact) mass is 213 g/mol. The maximum absolute atomic E-state index is 12.5. The van der Waals surface area contributed by atoms with Crippen LogP contribution >= 0.6 is 0 Å². The van der Waals surface area contributed by atoms with Gasteiger partial charge < -0.3 is 5.32 Å². The van der Waals surface area contributed by atoms with Crippen LogP contribution in [0.4, 0.5) is 17.6 Å². The highest BCUT2D eigenvalue weighted by atomic mass is 19.3. The first-order valence-electron chi connectivity index (χ1n) is 4.81. The van der Waals surface area contributed by atoms with Crippen molar-refractivity contribution in [3.63, 3.8) is 0 Å². The molecule has 0 aromatic rings. The second-order valence-corrected chi connectivity index (χ2v) is 4.06. The van der Waals surface area contributed by atoms with E-state index in [1.807, 2.05) is 6.92 Å². The molecule has 2 atom stereocenters. The molecule has 0 aliphatic heterocycles. The summed E-state index contributed by atoms with van der Waals surface area (Å²) in [6.45, 7) is 1.12. The summed E-state index contributed by atoms with van der Waals surface area (Å²) in [4.78, 5) is 0. The molecule has 1 fully saturated rings. The maximum Gasteiger partial charge on any atom is 0.319 e. The predicted octanol–water partition coefficient (Wildman–Crippen LogP) is 2.67. The van der Waals surface area contributed by atoms with Crippen molar-refractivity contribution in [1.29, 1.82) is 0 Å². The first-order chi connectivity index (χ1) is 6.42. The molecule has 0 heterocycles. The first kappa shape index (κ1) is 11.8. The Kier molecular flexibility index (Phi) is 3.75. The zero-order valence-electron chi connectivity index (χ0n) is 8.07. The summed E-state index contributed by atoms with van der Waals surface area (Å²) in [5.74, 6) is -3.39. The molecule has 0 spiro atoms. The molecule has 1 nitrogen and oxygen atoms in total. The molecule has 84 valence electrons. The van der Waals surface area contributed by atoms with E-state index in [-0.39, 0.29) is 6.04 Å². The van der Waals surface area contributed by atoms with Crippen molar-refractivity contribution < 1.29 is 17.6 Å². The molecule has 0 radical (unpaired) electrons. The van der Waals surface area contributed by atoms with Gasteiger partial charge in [0.05, 0.1) is 6.54 Å². The molecule has 1 saturated carbocycles. The Hall–Kier alpha value is -0.320. The lowest BCUT2D eigenvalue weighted by Crippen LogP contribution is -2.42. The Morgan fingerprint density at radius 3 is 2.43 bits per heavy atom. The molecule has 0 bridgehead atoms. The average molecular weight is 213 g/mol. The zero-order chi connectivity index (χ0) is 10.8. The van der Waals surface area contributed by atoms with Crippen molar-refractivity contribution in [2.45, 2.75) is 44.6 Å². The van der Waals surface area contributed by atoms with Crippen LogP contribution in [0.1, 0.15) is 26.2 Å². The number of hydrogen-bond donors (Lipinski definition) is 1. The van der Waals surface area contributed by atoms with E-state index in [0.29, 0.717) is 5.92 Å². The molecule has 2 unspecified atom stereocenters. The predicted molar refractivity (Wildman–Crippen MR) is 45.8 cm³/mol. The molecule has 1 rings (SSSR count). The van der Waals surface area contributed by atoms with E-state index in [0.717, 1.165) is 19.3 Å². The van der Waals surface area contributed by atoms with Crippen molar-refractivity contribution in [2.24, 2.45) is 5.92 Å². The molecule has 0 aromatic heterocycles. The molecule has 0 aromatic carbocycles.